The van der Waals surface area contributed by atoms with Gasteiger partial charge in [0.05, 0.1) is 9.79 Å². The van der Waals surface area contributed by atoms with Crippen LogP contribution in [0.1, 0.15) is 11.1 Å². The number of nitrogens with one attached hydrogen (secondary N) is 2. The molecule has 2 N–H and O–H groups in total. The number of aromatic nitrogens is 1. The molecule has 166 valence electrons. The Bertz CT molecular complexity index is 1350. The number of carbonyl (C=O) groups is 1. The molecular formula is C26H23N3O3S. The van der Waals surface area contributed by atoms with E-state index in [1.807, 2.05) is 49.4 Å². The number of amides is 2. The molecule has 3 aromatic carbocycles. The molecule has 1 heterocycles. The van der Waals surface area contributed by atoms with Crippen molar-refractivity contribution in [2.24, 2.45) is 0 Å². The lowest BCUT2D eigenvalue weighted by Crippen LogP contribution is -2.28. The first kappa shape index (κ1) is 22.2. The maximum absolute atomic E-state index is 13.4. The monoisotopic (exact) mass is 457 g/mol. The molecule has 0 radical (unpaired) electrons. The highest BCUT2D eigenvalue weighted by Crippen LogP contribution is 2.32. The van der Waals surface area contributed by atoms with E-state index in [2.05, 4.69) is 15.6 Å². The Balaban J connectivity index is 1.51. The Hall–Kier alpha value is -3.97. The zero-order valence-electron chi connectivity index (χ0n) is 18.0. The summed E-state index contributed by atoms with van der Waals surface area (Å²) in [5.41, 5.74) is 4.01. The van der Waals surface area contributed by atoms with E-state index in [1.54, 1.807) is 42.7 Å². The third-order valence-corrected chi connectivity index (χ3v) is 6.99. The fraction of sp³-hybridized carbons (Fsp3) is 0.0769. The predicted molar refractivity (Wildman–Crippen MR) is 129 cm³/mol. The fourth-order valence-corrected chi connectivity index (χ4v) is 4.86. The molecule has 6 nitrogen and oxygen atoms in total. The minimum absolute atomic E-state index is 0.157. The number of nitrogens with zero attached hydrogens (tertiary/aromatic N) is 1. The summed E-state index contributed by atoms with van der Waals surface area (Å²) in [5, 5.41) is 5.46. The van der Waals surface area contributed by atoms with Crippen LogP contribution in [0, 0.1) is 6.92 Å². The van der Waals surface area contributed by atoms with Crippen molar-refractivity contribution in [1.82, 2.24) is 10.3 Å². The summed E-state index contributed by atoms with van der Waals surface area (Å²) >= 11 is 0. The van der Waals surface area contributed by atoms with Crippen LogP contribution in [0.4, 0.5) is 10.5 Å². The van der Waals surface area contributed by atoms with Crippen LogP contribution < -0.4 is 10.6 Å². The Morgan fingerprint density at radius 2 is 1.52 bits per heavy atom. The van der Waals surface area contributed by atoms with E-state index in [4.69, 9.17) is 0 Å². The van der Waals surface area contributed by atoms with E-state index >= 15 is 0 Å². The summed E-state index contributed by atoms with van der Waals surface area (Å²) in [5.74, 6) is 0. The van der Waals surface area contributed by atoms with Gasteiger partial charge >= 0.3 is 6.03 Å². The van der Waals surface area contributed by atoms with Gasteiger partial charge in [-0.2, -0.15) is 0 Å². The van der Waals surface area contributed by atoms with Crippen molar-refractivity contribution < 1.29 is 13.2 Å². The van der Waals surface area contributed by atoms with E-state index in [9.17, 15) is 13.2 Å². The molecule has 0 spiro atoms. The first-order valence-corrected chi connectivity index (χ1v) is 11.9. The van der Waals surface area contributed by atoms with Crippen molar-refractivity contribution in [3.8, 4) is 11.1 Å². The van der Waals surface area contributed by atoms with Crippen LogP contribution in [-0.4, -0.2) is 19.4 Å². The number of sulfone groups is 1. The minimum atomic E-state index is -3.75. The first-order chi connectivity index (χ1) is 15.9. The average molecular weight is 458 g/mol. The van der Waals surface area contributed by atoms with Gasteiger partial charge in [-0.25, -0.2) is 13.2 Å². The molecule has 0 atom stereocenters. The second-order valence-corrected chi connectivity index (χ2v) is 9.47. The van der Waals surface area contributed by atoms with Gasteiger partial charge in [0.15, 0.2) is 0 Å². The molecule has 33 heavy (non-hydrogen) atoms. The van der Waals surface area contributed by atoms with Crippen molar-refractivity contribution in [2.75, 3.05) is 5.32 Å². The molecular weight excluding hydrogens is 434 g/mol. The van der Waals surface area contributed by atoms with Gasteiger partial charge in [-0.15, -0.1) is 0 Å². The smallest absolute Gasteiger partial charge is 0.319 e. The number of urea groups is 1. The number of hydrogen-bond donors (Lipinski definition) is 2. The lowest BCUT2D eigenvalue weighted by atomic mass is 10.0. The van der Waals surface area contributed by atoms with Crippen molar-refractivity contribution in [3.05, 3.63) is 108 Å². The Kier molecular flexibility index (Phi) is 6.51. The highest BCUT2D eigenvalue weighted by Gasteiger charge is 2.21. The van der Waals surface area contributed by atoms with Crippen molar-refractivity contribution >= 4 is 21.6 Å². The van der Waals surface area contributed by atoms with Gasteiger partial charge in [0.1, 0.15) is 0 Å². The van der Waals surface area contributed by atoms with Crippen LogP contribution in [0.3, 0.4) is 0 Å². The van der Waals surface area contributed by atoms with E-state index in [0.717, 1.165) is 16.7 Å². The largest absolute Gasteiger partial charge is 0.334 e. The van der Waals surface area contributed by atoms with Gasteiger partial charge in [0, 0.05) is 30.2 Å². The summed E-state index contributed by atoms with van der Waals surface area (Å²) in [6.07, 6.45) is 3.32. The summed E-state index contributed by atoms with van der Waals surface area (Å²) in [6.45, 7) is 2.35. The summed E-state index contributed by atoms with van der Waals surface area (Å²) in [7, 11) is -3.75. The average Bonchev–Trinajstić information content (AvgIpc) is 2.84. The zero-order chi connectivity index (χ0) is 23.3. The number of aryl methyl sites for hydroxylation is 1. The van der Waals surface area contributed by atoms with Crippen molar-refractivity contribution in [1.29, 1.82) is 0 Å². The number of anilines is 1. The topological polar surface area (TPSA) is 88.2 Å². The molecule has 0 aliphatic heterocycles. The first-order valence-electron chi connectivity index (χ1n) is 10.4. The van der Waals surface area contributed by atoms with E-state index in [0.29, 0.717) is 17.8 Å². The predicted octanol–water partition coefficient (Wildman–Crippen LogP) is 5.21. The van der Waals surface area contributed by atoms with E-state index in [1.165, 1.54) is 12.1 Å². The lowest BCUT2D eigenvalue weighted by molar-refractivity contribution is 0.251. The Morgan fingerprint density at radius 1 is 0.848 bits per heavy atom. The third kappa shape index (κ3) is 5.27. The van der Waals surface area contributed by atoms with Gasteiger partial charge in [-0.05, 0) is 60.5 Å². The summed E-state index contributed by atoms with van der Waals surface area (Å²) in [4.78, 5) is 16.5. The SMILES string of the molecule is Cc1ccc(-c2ccccc2S(=O)(=O)c2ccc(NC(=O)NCc3ccncc3)cc2)cc1. The molecule has 0 saturated carbocycles. The molecule has 0 fully saturated rings. The Labute approximate surface area is 193 Å². The van der Waals surface area contributed by atoms with Crippen molar-refractivity contribution in [3.63, 3.8) is 0 Å². The molecule has 4 aromatic rings. The quantitative estimate of drug-likeness (QED) is 0.416. The molecule has 7 heteroatoms. The maximum Gasteiger partial charge on any atom is 0.319 e. The molecule has 0 aliphatic carbocycles. The van der Waals surface area contributed by atoms with Crippen LogP contribution in [-0.2, 0) is 16.4 Å². The second-order valence-electron chi connectivity index (χ2n) is 7.55. The van der Waals surface area contributed by atoms with Crippen LogP contribution >= 0.6 is 0 Å². The van der Waals surface area contributed by atoms with Crippen molar-refractivity contribution in [2.45, 2.75) is 23.3 Å². The number of rotatable bonds is 6. The van der Waals surface area contributed by atoms with Crippen LogP contribution in [0.2, 0.25) is 0 Å². The molecule has 0 aliphatic rings. The molecule has 0 unspecified atom stereocenters. The third-order valence-electron chi connectivity index (χ3n) is 5.16. The maximum atomic E-state index is 13.4. The number of carbonyl (C=O) groups excluding carboxylic acids is 1. The molecule has 1 aromatic heterocycles. The van der Waals surface area contributed by atoms with Crippen LogP contribution in [0.15, 0.2) is 107 Å². The van der Waals surface area contributed by atoms with Gasteiger partial charge in [-0.1, -0.05) is 48.0 Å². The van der Waals surface area contributed by atoms with Gasteiger partial charge in [-0.3, -0.25) is 4.98 Å². The molecule has 0 bridgehead atoms. The minimum Gasteiger partial charge on any atom is -0.334 e. The molecule has 2 amide bonds. The number of pyridine rings is 1. The highest BCUT2D eigenvalue weighted by atomic mass is 32.2. The van der Waals surface area contributed by atoms with Crippen LogP contribution in [0.25, 0.3) is 11.1 Å². The van der Waals surface area contributed by atoms with E-state index < -0.39 is 9.84 Å². The van der Waals surface area contributed by atoms with Gasteiger partial charge < -0.3 is 10.6 Å². The number of benzene rings is 3. The summed E-state index contributed by atoms with van der Waals surface area (Å²) < 4.78 is 26.8. The van der Waals surface area contributed by atoms with Gasteiger partial charge in [0.25, 0.3) is 0 Å². The lowest BCUT2D eigenvalue weighted by Gasteiger charge is -2.12. The second kappa shape index (κ2) is 9.67. The standard InChI is InChI=1S/C26H23N3O3S/c1-19-6-8-21(9-7-19)24-4-2-3-5-25(24)33(31,32)23-12-10-22(11-13-23)29-26(30)28-18-20-14-16-27-17-15-20/h2-17H,18H2,1H3,(H2,28,29,30). The Morgan fingerprint density at radius 3 is 2.21 bits per heavy atom. The highest BCUT2D eigenvalue weighted by molar-refractivity contribution is 7.91. The van der Waals surface area contributed by atoms with Gasteiger partial charge in [0.2, 0.25) is 9.84 Å². The van der Waals surface area contributed by atoms with E-state index in [-0.39, 0.29) is 15.8 Å². The molecule has 0 saturated heterocycles. The zero-order valence-corrected chi connectivity index (χ0v) is 18.8. The summed E-state index contributed by atoms with van der Waals surface area (Å²) in [6, 6.07) is 24.1. The molecule has 4 rings (SSSR count). The fourth-order valence-electron chi connectivity index (χ4n) is 3.38. The van der Waals surface area contributed by atoms with Crippen LogP contribution in [0.5, 0.6) is 0 Å². The number of hydrogen-bond acceptors (Lipinski definition) is 4. The normalized spacial score (nSPS) is 11.1.